The summed E-state index contributed by atoms with van der Waals surface area (Å²) in [5.74, 6) is 0.461. The number of methoxy groups -OCH3 is 3. The number of Topliss-reactive ketones (excluding diaryl/α,β-unsaturated/α-hetero) is 1. The molecule has 0 aromatic heterocycles. The molecule has 1 atom stereocenters. The molecule has 0 bridgehead atoms. The van der Waals surface area contributed by atoms with E-state index >= 15 is 0 Å². The van der Waals surface area contributed by atoms with Crippen molar-refractivity contribution in [1.82, 2.24) is 0 Å². The van der Waals surface area contributed by atoms with Crippen molar-refractivity contribution in [3.8, 4) is 17.2 Å². The average Bonchev–Trinajstić information content (AvgIpc) is 2.57. The van der Waals surface area contributed by atoms with Crippen molar-refractivity contribution in [1.29, 1.82) is 0 Å². The number of phenols is 1. The number of aromatic hydroxyl groups is 1. The van der Waals surface area contributed by atoms with E-state index in [9.17, 15) is 9.90 Å². The van der Waals surface area contributed by atoms with E-state index in [4.69, 9.17) is 14.2 Å². The minimum Gasteiger partial charge on any atom is -0.507 e. The molecule has 2 aromatic carbocycles. The quantitative estimate of drug-likeness (QED) is 0.831. The van der Waals surface area contributed by atoms with Crippen molar-refractivity contribution in [2.75, 3.05) is 21.3 Å². The van der Waals surface area contributed by atoms with E-state index in [-0.39, 0.29) is 11.5 Å². The molecule has 0 radical (unpaired) electrons. The topological polar surface area (TPSA) is 65.0 Å². The molecule has 0 aliphatic rings. The van der Waals surface area contributed by atoms with Gasteiger partial charge in [-0.2, -0.15) is 0 Å². The third-order valence-corrected chi connectivity index (χ3v) is 3.35. The molecule has 0 fully saturated rings. The Balaban J connectivity index is 2.45. The van der Waals surface area contributed by atoms with Crippen molar-refractivity contribution in [3.05, 3.63) is 53.6 Å². The number of carbonyl (C=O) groups excluding carboxylic acids is 1. The highest BCUT2D eigenvalue weighted by atomic mass is 16.5. The molecule has 2 rings (SSSR count). The number of phenolic OH excluding ortho intramolecular Hbond substituents is 1. The zero-order chi connectivity index (χ0) is 16.1. The second kappa shape index (κ2) is 6.95. The Labute approximate surface area is 129 Å². The summed E-state index contributed by atoms with van der Waals surface area (Å²) in [5, 5.41) is 10.2. The third-order valence-electron chi connectivity index (χ3n) is 3.35. The number of ether oxygens (including phenoxy) is 3. The lowest BCUT2D eigenvalue weighted by Gasteiger charge is -2.18. The lowest BCUT2D eigenvalue weighted by molar-refractivity contribution is 0.0596. The lowest BCUT2D eigenvalue weighted by Crippen LogP contribution is -2.15. The smallest absolute Gasteiger partial charge is 0.196 e. The van der Waals surface area contributed by atoms with E-state index in [1.807, 2.05) is 6.07 Å². The Morgan fingerprint density at radius 2 is 1.59 bits per heavy atom. The standard InChI is InChI=1S/C17H18O5/c1-20-14-9-12(13(18)10-15(14)21-2)17(22-3)16(19)11-7-5-4-6-8-11/h4-10,17-18H,1-3H3. The minimum absolute atomic E-state index is 0.0891. The van der Waals surface area contributed by atoms with Gasteiger partial charge in [-0.05, 0) is 6.07 Å². The summed E-state index contributed by atoms with van der Waals surface area (Å²) >= 11 is 0. The second-order valence-electron chi connectivity index (χ2n) is 4.61. The van der Waals surface area contributed by atoms with Gasteiger partial charge < -0.3 is 19.3 Å². The van der Waals surface area contributed by atoms with Crippen molar-refractivity contribution in [2.45, 2.75) is 6.10 Å². The Morgan fingerprint density at radius 3 is 2.14 bits per heavy atom. The van der Waals surface area contributed by atoms with Gasteiger partial charge in [0.2, 0.25) is 0 Å². The summed E-state index contributed by atoms with van der Waals surface area (Å²) in [6, 6.07) is 11.7. The van der Waals surface area contributed by atoms with Crippen LogP contribution in [0, 0.1) is 0 Å². The first-order valence-electron chi connectivity index (χ1n) is 6.69. The van der Waals surface area contributed by atoms with Crippen molar-refractivity contribution in [2.24, 2.45) is 0 Å². The van der Waals surface area contributed by atoms with Crippen LogP contribution in [0.5, 0.6) is 17.2 Å². The van der Waals surface area contributed by atoms with E-state index in [1.54, 1.807) is 30.3 Å². The normalized spacial score (nSPS) is 11.8. The Kier molecular flexibility index (Phi) is 5.01. The fraction of sp³-hybridized carbons (Fsp3) is 0.235. The first kappa shape index (κ1) is 15.9. The van der Waals surface area contributed by atoms with Crippen LogP contribution in [0.4, 0.5) is 0 Å². The number of rotatable bonds is 6. The Hall–Kier alpha value is -2.53. The molecule has 0 spiro atoms. The zero-order valence-corrected chi connectivity index (χ0v) is 12.7. The van der Waals surface area contributed by atoms with Crippen LogP contribution in [0.1, 0.15) is 22.0 Å². The molecule has 0 aliphatic heterocycles. The number of hydrogen-bond donors (Lipinski definition) is 1. The second-order valence-corrected chi connectivity index (χ2v) is 4.61. The first-order chi connectivity index (χ1) is 10.6. The van der Waals surface area contributed by atoms with Crippen molar-refractivity contribution < 1.29 is 24.1 Å². The Bertz CT molecular complexity index is 652. The van der Waals surface area contributed by atoms with E-state index in [0.717, 1.165) is 0 Å². The van der Waals surface area contributed by atoms with Gasteiger partial charge in [0.05, 0.1) is 14.2 Å². The van der Waals surface area contributed by atoms with Crippen molar-refractivity contribution in [3.63, 3.8) is 0 Å². The average molecular weight is 302 g/mol. The number of hydrogen-bond acceptors (Lipinski definition) is 5. The van der Waals surface area contributed by atoms with Gasteiger partial charge in [-0.3, -0.25) is 4.79 Å². The van der Waals surface area contributed by atoms with Crippen LogP contribution < -0.4 is 9.47 Å². The minimum atomic E-state index is -0.929. The number of carbonyl (C=O) groups is 1. The summed E-state index contributed by atoms with van der Waals surface area (Å²) in [6.45, 7) is 0. The Morgan fingerprint density at radius 1 is 1.00 bits per heavy atom. The van der Waals surface area contributed by atoms with Gasteiger partial charge >= 0.3 is 0 Å². The molecule has 22 heavy (non-hydrogen) atoms. The van der Waals surface area contributed by atoms with Gasteiger partial charge in [0.1, 0.15) is 11.9 Å². The summed E-state index contributed by atoms with van der Waals surface area (Å²) in [4.78, 5) is 12.6. The highest BCUT2D eigenvalue weighted by Gasteiger charge is 2.26. The summed E-state index contributed by atoms with van der Waals surface area (Å²) in [6.07, 6.45) is -0.929. The van der Waals surface area contributed by atoms with E-state index in [0.29, 0.717) is 22.6 Å². The fourth-order valence-electron chi connectivity index (χ4n) is 2.22. The molecule has 0 saturated heterocycles. The molecule has 0 saturated carbocycles. The van der Waals surface area contributed by atoms with Crippen LogP contribution >= 0.6 is 0 Å². The highest BCUT2D eigenvalue weighted by Crippen LogP contribution is 2.38. The van der Waals surface area contributed by atoms with Gasteiger partial charge in [-0.15, -0.1) is 0 Å². The fourth-order valence-corrected chi connectivity index (χ4v) is 2.22. The summed E-state index contributed by atoms with van der Waals surface area (Å²) in [7, 11) is 4.38. The molecule has 5 nitrogen and oxygen atoms in total. The van der Waals surface area contributed by atoms with Crippen LogP contribution in [0.3, 0.4) is 0 Å². The third kappa shape index (κ3) is 3.04. The zero-order valence-electron chi connectivity index (χ0n) is 12.7. The van der Waals surface area contributed by atoms with Crippen LogP contribution in [0.25, 0.3) is 0 Å². The highest BCUT2D eigenvalue weighted by molar-refractivity contribution is 6.00. The van der Waals surface area contributed by atoms with Gasteiger partial charge in [0.15, 0.2) is 17.3 Å². The van der Waals surface area contributed by atoms with Gasteiger partial charge in [-0.1, -0.05) is 30.3 Å². The molecule has 5 heteroatoms. The van der Waals surface area contributed by atoms with Crippen molar-refractivity contribution >= 4 is 5.78 Å². The molecule has 0 aliphatic carbocycles. The molecule has 0 heterocycles. The summed E-state index contributed by atoms with van der Waals surface area (Å²) in [5.41, 5.74) is 0.831. The van der Waals surface area contributed by atoms with E-state index in [1.165, 1.54) is 27.4 Å². The van der Waals surface area contributed by atoms with Gasteiger partial charge in [0, 0.05) is 24.3 Å². The molecular formula is C17H18O5. The van der Waals surface area contributed by atoms with Crippen LogP contribution in [0.15, 0.2) is 42.5 Å². The predicted molar refractivity (Wildman–Crippen MR) is 81.7 cm³/mol. The molecule has 1 unspecified atom stereocenters. The maximum atomic E-state index is 12.6. The molecule has 116 valence electrons. The van der Waals surface area contributed by atoms with E-state index < -0.39 is 6.10 Å². The lowest BCUT2D eigenvalue weighted by atomic mass is 9.98. The van der Waals surface area contributed by atoms with Crippen LogP contribution in [-0.2, 0) is 4.74 Å². The van der Waals surface area contributed by atoms with Gasteiger partial charge in [-0.25, -0.2) is 0 Å². The molecular weight excluding hydrogens is 284 g/mol. The SMILES string of the molecule is COc1cc(O)c(C(OC)C(=O)c2ccccc2)cc1OC. The van der Waals surface area contributed by atoms with E-state index in [2.05, 4.69) is 0 Å². The monoisotopic (exact) mass is 302 g/mol. The van der Waals surface area contributed by atoms with Crippen LogP contribution in [-0.4, -0.2) is 32.2 Å². The molecule has 1 N–H and O–H groups in total. The number of benzene rings is 2. The number of ketones is 1. The predicted octanol–water partition coefficient (Wildman–Crippen LogP) is 2.98. The first-order valence-corrected chi connectivity index (χ1v) is 6.69. The maximum Gasteiger partial charge on any atom is 0.196 e. The summed E-state index contributed by atoms with van der Waals surface area (Å²) < 4.78 is 15.6. The molecule has 2 aromatic rings. The van der Waals surface area contributed by atoms with Gasteiger partial charge in [0.25, 0.3) is 0 Å². The largest absolute Gasteiger partial charge is 0.507 e. The molecule has 0 amide bonds. The van der Waals surface area contributed by atoms with Crippen LogP contribution in [0.2, 0.25) is 0 Å². The maximum absolute atomic E-state index is 12.6.